The van der Waals surface area contributed by atoms with Gasteiger partial charge in [-0.25, -0.2) is 0 Å². The number of amides is 1. The summed E-state index contributed by atoms with van der Waals surface area (Å²) in [6.45, 7) is 2.65. The van der Waals surface area contributed by atoms with Crippen LogP contribution in [0.15, 0.2) is 29.2 Å². The molecule has 1 heterocycles. The number of carbonyl (C=O) groups is 1. The first kappa shape index (κ1) is 18.2. The van der Waals surface area contributed by atoms with Crippen molar-refractivity contribution in [3.8, 4) is 0 Å². The summed E-state index contributed by atoms with van der Waals surface area (Å²) in [7, 11) is 0. The van der Waals surface area contributed by atoms with Crippen LogP contribution in [-0.4, -0.2) is 46.9 Å². The van der Waals surface area contributed by atoms with Gasteiger partial charge in [0.25, 0.3) is 5.76 Å². The molecule has 2 rings (SSSR count). The maximum atomic E-state index is 12.6. The number of aliphatic hydroxyl groups is 1. The molecule has 0 bridgehead atoms. The van der Waals surface area contributed by atoms with Crippen molar-refractivity contribution in [1.82, 2.24) is 4.90 Å². The number of alkyl halides is 2. The third kappa shape index (κ3) is 5.44. The molecule has 1 aliphatic heterocycles. The second kappa shape index (κ2) is 8.61. The number of likely N-dealkylation sites (tertiary alicyclic amines) is 1. The number of rotatable bonds is 6. The zero-order valence-electron chi connectivity index (χ0n) is 13.0. The van der Waals surface area contributed by atoms with Crippen molar-refractivity contribution >= 4 is 23.4 Å². The number of benzene rings is 1. The highest BCUT2D eigenvalue weighted by Gasteiger charge is 2.27. The first-order chi connectivity index (χ1) is 11.0. The lowest BCUT2D eigenvalue weighted by atomic mass is 9.98. The van der Waals surface area contributed by atoms with E-state index in [0.717, 1.165) is 25.8 Å². The quantitative estimate of drug-likeness (QED) is 0.779. The average Bonchev–Trinajstić information content (AvgIpc) is 2.49. The van der Waals surface area contributed by atoms with Crippen LogP contribution < -0.4 is 5.32 Å². The molecule has 128 valence electrons. The molecule has 2 atom stereocenters. The molecule has 23 heavy (non-hydrogen) atoms. The van der Waals surface area contributed by atoms with Gasteiger partial charge >= 0.3 is 0 Å². The fourth-order valence-corrected chi connectivity index (χ4v) is 3.50. The van der Waals surface area contributed by atoms with Gasteiger partial charge in [-0.3, -0.25) is 9.69 Å². The van der Waals surface area contributed by atoms with Crippen molar-refractivity contribution in [2.45, 2.75) is 49.0 Å². The van der Waals surface area contributed by atoms with Crippen LogP contribution in [-0.2, 0) is 4.79 Å². The van der Waals surface area contributed by atoms with Gasteiger partial charge in [0, 0.05) is 10.9 Å². The van der Waals surface area contributed by atoms with E-state index in [1.807, 2.05) is 4.90 Å². The number of carbonyl (C=O) groups excluding carboxylic acids is 1. The molecule has 1 fully saturated rings. The monoisotopic (exact) mass is 344 g/mol. The van der Waals surface area contributed by atoms with Gasteiger partial charge in [-0.15, -0.1) is 0 Å². The topological polar surface area (TPSA) is 52.6 Å². The Morgan fingerprint density at radius 3 is 2.87 bits per heavy atom. The molecule has 1 aromatic rings. The molecule has 7 heteroatoms. The highest BCUT2D eigenvalue weighted by molar-refractivity contribution is 7.99. The summed E-state index contributed by atoms with van der Waals surface area (Å²) < 4.78 is 25.1. The molecule has 0 aliphatic carbocycles. The second-order valence-electron chi connectivity index (χ2n) is 5.70. The van der Waals surface area contributed by atoms with E-state index in [4.69, 9.17) is 0 Å². The molecule has 2 unspecified atom stereocenters. The van der Waals surface area contributed by atoms with E-state index < -0.39 is 11.9 Å². The van der Waals surface area contributed by atoms with Crippen molar-refractivity contribution in [2.75, 3.05) is 18.4 Å². The molecule has 4 nitrogen and oxygen atoms in total. The first-order valence-corrected chi connectivity index (χ1v) is 8.61. The highest BCUT2D eigenvalue weighted by atomic mass is 32.2. The Morgan fingerprint density at radius 1 is 1.43 bits per heavy atom. The van der Waals surface area contributed by atoms with Crippen LogP contribution in [0.4, 0.5) is 14.5 Å². The van der Waals surface area contributed by atoms with Gasteiger partial charge in [-0.05, 0) is 38.4 Å². The SMILES string of the molecule is CC(O)C1CCCCN1CC(=O)Nc1ccccc1SC(F)F. The number of anilines is 1. The minimum absolute atomic E-state index is 0.0276. The number of aliphatic hydroxyl groups excluding tert-OH is 1. The predicted molar refractivity (Wildman–Crippen MR) is 87.8 cm³/mol. The number of piperidine rings is 1. The minimum atomic E-state index is -2.53. The van der Waals surface area contributed by atoms with Crippen molar-refractivity contribution in [3.05, 3.63) is 24.3 Å². The fourth-order valence-electron chi connectivity index (χ4n) is 2.90. The van der Waals surface area contributed by atoms with Crippen LogP contribution in [0.5, 0.6) is 0 Å². The summed E-state index contributed by atoms with van der Waals surface area (Å²) in [5.74, 6) is -2.78. The second-order valence-corrected chi connectivity index (χ2v) is 6.73. The normalized spacial score (nSPS) is 20.5. The molecule has 2 N–H and O–H groups in total. The summed E-state index contributed by atoms with van der Waals surface area (Å²) in [5.41, 5.74) is 0.397. The number of thioether (sulfide) groups is 1. The molecular weight excluding hydrogens is 322 g/mol. The third-order valence-electron chi connectivity index (χ3n) is 3.94. The van der Waals surface area contributed by atoms with Crippen LogP contribution in [0.1, 0.15) is 26.2 Å². The Kier molecular flexibility index (Phi) is 6.80. The van der Waals surface area contributed by atoms with Crippen LogP contribution in [0.3, 0.4) is 0 Å². The summed E-state index contributed by atoms with van der Waals surface area (Å²) in [6.07, 6.45) is 2.41. The Bertz CT molecular complexity index is 529. The lowest BCUT2D eigenvalue weighted by molar-refractivity contribution is -0.118. The van der Waals surface area contributed by atoms with Crippen molar-refractivity contribution < 1.29 is 18.7 Å². The largest absolute Gasteiger partial charge is 0.392 e. The van der Waals surface area contributed by atoms with Crippen molar-refractivity contribution in [1.29, 1.82) is 0 Å². The first-order valence-electron chi connectivity index (χ1n) is 7.73. The predicted octanol–water partition coefficient (Wildman–Crippen LogP) is 3.18. The molecule has 1 saturated heterocycles. The van der Waals surface area contributed by atoms with Gasteiger partial charge in [0.2, 0.25) is 5.91 Å². The summed E-state index contributed by atoms with van der Waals surface area (Å²) in [4.78, 5) is 14.6. The van der Waals surface area contributed by atoms with Gasteiger partial charge in [-0.1, -0.05) is 30.3 Å². The van der Waals surface area contributed by atoms with Gasteiger partial charge in [-0.2, -0.15) is 8.78 Å². The van der Waals surface area contributed by atoms with Gasteiger partial charge in [0.05, 0.1) is 18.3 Å². The Morgan fingerprint density at radius 2 is 2.17 bits per heavy atom. The van der Waals surface area contributed by atoms with E-state index in [1.54, 1.807) is 31.2 Å². The van der Waals surface area contributed by atoms with E-state index in [-0.39, 0.29) is 18.5 Å². The Balaban J connectivity index is 1.99. The van der Waals surface area contributed by atoms with Crippen LogP contribution >= 0.6 is 11.8 Å². The lowest BCUT2D eigenvalue weighted by Crippen LogP contribution is -2.48. The van der Waals surface area contributed by atoms with Gasteiger partial charge in [0.1, 0.15) is 0 Å². The van der Waals surface area contributed by atoms with E-state index in [9.17, 15) is 18.7 Å². The van der Waals surface area contributed by atoms with E-state index in [0.29, 0.717) is 22.3 Å². The maximum absolute atomic E-state index is 12.6. The lowest BCUT2D eigenvalue weighted by Gasteiger charge is -2.36. The van der Waals surface area contributed by atoms with Crippen LogP contribution in [0.2, 0.25) is 0 Å². The minimum Gasteiger partial charge on any atom is -0.392 e. The number of nitrogens with one attached hydrogen (secondary N) is 1. The van der Waals surface area contributed by atoms with Crippen LogP contribution in [0, 0.1) is 0 Å². The molecular formula is C16H22F2N2O2S. The highest BCUT2D eigenvalue weighted by Crippen LogP contribution is 2.31. The number of nitrogens with zero attached hydrogens (tertiary/aromatic N) is 1. The maximum Gasteiger partial charge on any atom is 0.288 e. The van der Waals surface area contributed by atoms with E-state index in [2.05, 4.69) is 5.32 Å². The van der Waals surface area contributed by atoms with Crippen molar-refractivity contribution in [2.24, 2.45) is 0 Å². The fraction of sp³-hybridized carbons (Fsp3) is 0.562. The van der Waals surface area contributed by atoms with Crippen molar-refractivity contribution in [3.63, 3.8) is 0 Å². The molecule has 0 saturated carbocycles. The van der Waals surface area contributed by atoms with E-state index >= 15 is 0 Å². The number of hydrogen-bond donors (Lipinski definition) is 2. The average molecular weight is 344 g/mol. The standard InChI is InChI=1S/C16H22F2N2O2S/c1-11(21)13-7-4-5-9-20(13)10-15(22)19-12-6-2-3-8-14(12)23-16(17)18/h2-3,6,8,11,13,16,21H,4-5,7,9-10H2,1H3,(H,19,22). The number of halogens is 2. The third-order valence-corrected chi connectivity index (χ3v) is 4.73. The van der Waals surface area contributed by atoms with Crippen LogP contribution in [0.25, 0.3) is 0 Å². The Labute approximate surface area is 139 Å². The van der Waals surface area contributed by atoms with E-state index in [1.165, 1.54) is 0 Å². The summed E-state index contributed by atoms with van der Waals surface area (Å²) in [5, 5.41) is 12.5. The smallest absolute Gasteiger partial charge is 0.288 e. The van der Waals surface area contributed by atoms with Gasteiger partial charge in [0.15, 0.2) is 0 Å². The molecule has 1 amide bonds. The molecule has 0 spiro atoms. The molecule has 1 aromatic carbocycles. The summed E-state index contributed by atoms with van der Waals surface area (Å²) in [6, 6.07) is 6.51. The number of hydrogen-bond acceptors (Lipinski definition) is 4. The number of para-hydroxylation sites is 1. The molecule has 1 aliphatic rings. The molecule has 0 aromatic heterocycles. The summed E-state index contributed by atoms with van der Waals surface area (Å²) >= 11 is 0.417. The van der Waals surface area contributed by atoms with Gasteiger partial charge < -0.3 is 10.4 Å². The Hall–Kier alpha value is -1.18. The zero-order chi connectivity index (χ0) is 16.8. The zero-order valence-corrected chi connectivity index (χ0v) is 13.9. The molecule has 0 radical (unpaired) electrons.